The molecule has 0 spiro atoms. The zero-order chi connectivity index (χ0) is 27.3. The number of aromatic nitrogens is 2. The minimum atomic E-state index is -0.0445. The molecule has 0 radical (unpaired) electrons. The largest absolute Gasteiger partial charge is 0.493 e. The van der Waals surface area contributed by atoms with E-state index in [0.29, 0.717) is 42.1 Å². The van der Waals surface area contributed by atoms with E-state index in [2.05, 4.69) is 53.3 Å². The first-order valence-corrected chi connectivity index (χ1v) is 12.9. The number of piperidine rings is 1. The number of amides is 1. The van der Waals surface area contributed by atoms with Crippen molar-refractivity contribution >= 4 is 5.91 Å². The molecule has 4 rings (SSSR count). The highest BCUT2D eigenvalue weighted by atomic mass is 16.5. The molecule has 204 valence electrons. The van der Waals surface area contributed by atoms with Gasteiger partial charge < -0.3 is 24.1 Å². The van der Waals surface area contributed by atoms with Gasteiger partial charge in [-0.3, -0.25) is 9.69 Å². The van der Waals surface area contributed by atoms with Crippen molar-refractivity contribution in [2.24, 2.45) is 5.92 Å². The van der Waals surface area contributed by atoms with E-state index in [9.17, 15) is 4.79 Å². The van der Waals surface area contributed by atoms with Gasteiger partial charge in [-0.05, 0) is 49.0 Å². The number of nitrogens with one attached hydrogen (secondary N) is 1. The molecule has 1 fully saturated rings. The number of hydrogen-bond acceptors (Lipinski definition) is 8. The number of likely N-dealkylation sites (tertiary alicyclic amines) is 1. The Labute approximate surface area is 224 Å². The second-order valence-corrected chi connectivity index (χ2v) is 10.6. The average Bonchev–Trinajstić information content (AvgIpc) is 3.39. The van der Waals surface area contributed by atoms with E-state index in [0.717, 1.165) is 37.1 Å². The van der Waals surface area contributed by atoms with Crippen LogP contribution < -0.4 is 19.5 Å². The van der Waals surface area contributed by atoms with Crippen molar-refractivity contribution in [3.05, 3.63) is 53.4 Å². The number of ether oxygens (including phenoxy) is 3. The van der Waals surface area contributed by atoms with Gasteiger partial charge in [0.15, 0.2) is 11.5 Å². The number of benzene rings is 2. The minimum absolute atomic E-state index is 0.0419. The average molecular weight is 523 g/mol. The smallest absolute Gasteiger partial charge is 0.241 e. The van der Waals surface area contributed by atoms with E-state index < -0.39 is 0 Å². The van der Waals surface area contributed by atoms with Crippen LogP contribution in [0, 0.1) is 5.92 Å². The molecule has 38 heavy (non-hydrogen) atoms. The van der Waals surface area contributed by atoms with Crippen molar-refractivity contribution in [2.75, 3.05) is 34.4 Å². The lowest BCUT2D eigenvalue weighted by molar-refractivity contribution is -0.126. The maximum atomic E-state index is 12.9. The first kappa shape index (κ1) is 27.4. The first-order valence-electron chi connectivity index (χ1n) is 12.9. The van der Waals surface area contributed by atoms with Crippen LogP contribution in [0.1, 0.15) is 50.6 Å². The molecule has 2 aromatic carbocycles. The molecule has 0 saturated carbocycles. The standard InChI is InChI=1S/C29H38N4O5/c1-29(2,3)22-10-7-19(8-11-22)27-31-24(38-32-27)18-33-15-13-20(14-16-33)28(34)30-17-21-9-12-23(35-4)26(37-6)25(21)36-5/h7-12,20H,13-18H2,1-6H3,(H,30,34). The lowest BCUT2D eigenvalue weighted by Crippen LogP contribution is -2.40. The van der Waals surface area contributed by atoms with Crippen molar-refractivity contribution in [1.29, 1.82) is 0 Å². The summed E-state index contributed by atoms with van der Waals surface area (Å²) >= 11 is 0. The molecular weight excluding hydrogens is 484 g/mol. The molecule has 1 aromatic heterocycles. The first-order chi connectivity index (χ1) is 18.2. The third-order valence-electron chi connectivity index (χ3n) is 7.03. The van der Waals surface area contributed by atoms with E-state index in [1.165, 1.54) is 5.56 Å². The normalized spacial score (nSPS) is 14.8. The second-order valence-electron chi connectivity index (χ2n) is 10.6. The Morgan fingerprint density at radius 1 is 1.00 bits per heavy atom. The van der Waals surface area contributed by atoms with Gasteiger partial charge in [0.1, 0.15) is 0 Å². The number of carbonyl (C=O) groups is 1. The summed E-state index contributed by atoms with van der Waals surface area (Å²) in [5.74, 6) is 2.84. The maximum Gasteiger partial charge on any atom is 0.241 e. The Hall–Kier alpha value is -3.59. The van der Waals surface area contributed by atoms with Crippen molar-refractivity contribution in [1.82, 2.24) is 20.4 Å². The lowest BCUT2D eigenvalue weighted by Gasteiger charge is -2.30. The molecule has 1 amide bonds. The fourth-order valence-corrected chi connectivity index (χ4v) is 4.73. The van der Waals surface area contributed by atoms with Gasteiger partial charge in [-0.15, -0.1) is 0 Å². The summed E-state index contributed by atoms with van der Waals surface area (Å²) in [5, 5.41) is 7.23. The van der Waals surface area contributed by atoms with Crippen molar-refractivity contribution < 1.29 is 23.5 Å². The Kier molecular flexibility index (Phi) is 8.56. The zero-order valence-corrected chi connectivity index (χ0v) is 23.2. The van der Waals surface area contributed by atoms with E-state index in [1.807, 2.05) is 24.3 Å². The highest BCUT2D eigenvalue weighted by Crippen LogP contribution is 2.39. The second kappa shape index (κ2) is 11.9. The highest BCUT2D eigenvalue weighted by molar-refractivity contribution is 5.79. The predicted octanol–water partition coefficient (Wildman–Crippen LogP) is 4.59. The van der Waals surface area contributed by atoms with Crippen LogP contribution in [0.5, 0.6) is 17.2 Å². The van der Waals surface area contributed by atoms with E-state index in [4.69, 9.17) is 18.7 Å². The van der Waals surface area contributed by atoms with Crippen LogP contribution >= 0.6 is 0 Å². The third-order valence-corrected chi connectivity index (χ3v) is 7.03. The van der Waals surface area contributed by atoms with Gasteiger partial charge in [-0.2, -0.15) is 4.98 Å². The SMILES string of the molecule is COc1ccc(CNC(=O)C2CCN(Cc3nc(-c4ccc(C(C)(C)C)cc4)no3)CC2)c(OC)c1OC. The third kappa shape index (κ3) is 6.27. The molecule has 1 aliphatic heterocycles. The van der Waals surface area contributed by atoms with Crippen LogP contribution in [0.4, 0.5) is 0 Å². The predicted molar refractivity (Wildman–Crippen MR) is 144 cm³/mol. The molecule has 9 nitrogen and oxygen atoms in total. The molecule has 2 heterocycles. The van der Waals surface area contributed by atoms with Crippen LogP contribution in [0.3, 0.4) is 0 Å². The summed E-state index contributed by atoms with van der Waals surface area (Å²) in [6, 6.07) is 12.0. The number of rotatable bonds is 9. The van der Waals surface area contributed by atoms with Gasteiger partial charge >= 0.3 is 0 Å². The molecule has 1 aliphatic rings. The topological polar surface area (TPSA) is 99.0 Å². The van der Waals surface area contributed by atoms with Crippen molar-refractivity contribution in [3.8, 4) is 28.6 Å². The molecular formula is C29H38N4O5. The molecule has 1 N–H and O–H groups in total. The van der Waals surface area contributed by atoms with Gasteiger partial charge in [0.05, 0.1) is 27.9 Å². The van der Waals surface area contributed by atoms with E-state index in [1.54, 1.807) is 21.3 Å². The monoisotopic (exact) mass is 522 g/mol. The molecule has 0 unspecified atom stereocenters. The van der Waals surface area contributed by atoms with E-state index >= 15 is 0 Å². The maximum absolute atomic E-state index is 12.9. The van der Waals surface area contributed by atoms with Crippen LogP contribution in [0.2, 0.25) is 0 Å². The fourth-order valence-electron chi connectivity index (χ4n) is 4.73. The Bertz CT molecular complexity index is 1220. The van der Waals surface area contributed by atoms with Gasteiger partial charge in [-0.25, -0.2) is 0 Å². The highest BCUT2D eigenvalue weighted by Gasteiger charge is 2.26. The number of methoxy groups -OCH3 is 3. The zero-order valence-electron chi connectivity index (χ0n) is 23.2. The molecule has 0 bridgehead atoms. The minimum Gasteiger partial charge on any atom is -0.493 e. The molecule has 1 saturated heterocycles. The van der Waals surface area contributed by atoms with Crippen molar-refractivity contribution in [2.45, 2.75) is 52.1 Å². The Balaban J connectivity index is 1.28. The van der Waals surface area contributed by atoms with Gasteiger partial charge in [-0.1, -0.05) is 50.2 Å². The fraction of sp³-hybridized carbons (Fsp3) is 0.483. The number of carbonyl (C=O) groups excluding carboxylic acids is 1. The molecule has 0 atom stereocenters. The summed E-state index contributed by atoms with van der Waals surface area (Å²) in [5.41, 5.74) is 3.13. The quantitative estimate of drug-likeness (QED) is 0.436. The van der Waals surface area contributed by atoms with Gasteiger partial charge in [0, 0.05) is 23.6 Å². The van der Waals surface area contributed by atoms with Crippen molar-refractivity contribution in [3.63, 3.8) is 0 Å². The summed E-state index contributed by atoms with van der Waals surface area (Å²) in [6.07, 6.45) is 1.54. The van der Waals surface area contributed by atoms with Gasteiger partial charge in [0.2, 0.25) is 23.4 Å². The summed E-state index contributed by atoms with van der Waals surface area (Å²) < 4.78 is 21.8. The van der Waals surface area contributed by atoms with Crippen LogP contribution in [0.25, 0.3) is 11.4 Å². The Morgan fingerprint density at radius 2 is 1.68 bits per heavy atom. The van der Waals surface area contributed by atoms with E-state index in [-0.39, 0.29) is 17.2 Å². The van der Waals surface area contributed by atoms with Crippen LogP contribution in [-0.2, 0) is 23.3 Å². The molecule has 3 aromatic rings. The summed E-state index contributed by atoms with van der Waals surface area (Å²) in [7, 11) is 4.72. The summed E-state index contributed by atoms with van der Waals surface area (Å²) in [6.45, 7) is 9.07. The summed E-state index contributed by atoms with van der Waals surface area (Å²) in [4.78, 5) is 19.7. The van der Waals surface area contributed by atoms with Crippen LogP contribution in [0.15, 0.2) is 40.9 Å². The van der Waals surface area contributed by atoms with Gasteiger partial charge in [0.25, 0.3) is 0 Å². The Morgan fingerprint density at radius 3 is 2.29 bits per heavy atom. The number of hydrogen-bond donors (Lipinski definition) is 1. The molecule has 0 aliphatic carbocycles. The van der Waals surface area contributed by atoms with Crippen LogP contribution in [-0.4, -0.2) is 55.4 Å². The molecule has 9 heteroatoms. The lowest BCUT2D eigenvalue weighted by atomic mass is 9.87. The number of nitrogens with zero attached hydrogens (tertiary/aromatic N) is 3.